The molecular formula is C11H8S. The van der Waals surface area contributed by atoms with Crippen LogP contribution in [-0.2, 0) is 0 Å². The van der Waals surface area contributed by atoms with Crippen LogP contribution in [0, 0.1) is 23.7 Å². The van der Waals surface area contributed by atoms with Gasteiger partial charge in [0.25, 0.3) is 0 Å². The van der Waals surface area contributed by atoms with Crippen LogP contribution in [0.2, 0.25) is 0 Å². The Labute approximate surface area is 76.9 Å². The molecule has 0 fully saturated rings. The molecule has 0 radical (unpaired) electrons. The summed E-state index contributed by atoms with van der Waals surface area (Å²) in [6.07, 6.45) is 3.67. The largest absolute Gasteiger partial charge is 0.135 e. The molecule has 58 valence electrons. The molecule has 0 nitrogen and oxygen atoms in total. The lowest BCUT2D eigenvalue weighted by Gasteiger charge is -1.70. The van der Waals surface area contributed by atoms with Gasteiger partial charge in [0, 0.05) is 0 Å². The molecule has 1 aromatic heterocycles. The van der Waals surface area contributed by atoms with Crippen molar-refractivity contribution in [1.29, 1.82) is 0 Å². The van der Waals surface area contributed by atoms with Crippen molar-refractivity contribution in [3.8, 4) is 23.7 Å². The number of hydrogen-bond acceptors (Lipinski definition) is 1. The van der Waals surface area contributed by atoms with E-state index in [0.29, 0.717) is 0 Å². The van der Waals surface area contributed by atoms with E-state index < -0.39 is 0 Å². The molecular weight excluding hydrogens is 164 g/mol. The quantitative estimate of drug-likeness (QED) is 0.528. The summed E-state index contributed by atoms with van der Waals surface area (Å²) in [7, 11) is 0. The zero-order valence-electron chi connectivity index (χ0n) is 6.79. The van der Waals surface area contributed by atoms with E-state index in [9.17, 15) is 0 Å². The van der Waals surface area contributed by atoms with Gasteiger partial charge in [0.1, 0.15) is 0 Å². The molecule has 1 heteroatoms. The molecule has 0 spiro atoms. The third kappa shape index (κ3) is 3.10. The van der Waals surface area contributed by atoms with Crippen molar-refractivity contribution < 1.29 is 0 Å². The molecule has 0 bridgehead atoms. The minimum Gasteiger partial charge on any atom is -0.135 e. The van der Waals surface area contributed by atoms with Crippen LogP contribution in [0.4, 0.5) is 0 Å². The fourth-order valence-electron chi connectivity index (χ4n) is 0.604. The molecule has 0 unspecified atom stereocenters. The lowest BCUT2D eigenvalue weighted by Crippen LogP contribution is -1.57. The maximum Gasteiger partial charge on any atom is 0.0778 e. The van der Waals surface area contributed by atoms with Crippen LogP contribution < -0.4 is 0 Å². The second-order valence-corrected chi connectivity index (χ2v) is 2.94. The van der Waals surface area contributed by atoms with Gasteiger partial charge in [0.2, 0.25) is 0 Å². The standard InChI is InChI=1S/C11H8S/c1-2-3-4-5-6-8-11-9-7-10-12-11/h2-3,7,9-10H,1H3/b3-2+. The molecule has 0 atom stereocenters. The number of thiophene rings is 1. The van der Waals surface area contributed by atoms with Crippen molar-refractivity contribution in [2.75, 3.05) is 0 Å². The van der Waals surface area contributed by atoms with E-state index in [1.807, 2.05) is 30.5 Å². The van der Waals surface area contributed by atoms with E-state index in [0.717, 1.165) is 4.88 Å². The zero-order chi connectivity index (χ0) is 8.65. The molecule has 0 N–H and O–H groups in total. The van der Waals surface area contributed by atoms with Gasteiger partial charge in [-0.05, 0) is 42.2 Å². The summed E-state index contributed by atoms with van der Waals surface area (Å²) in [6, 6.07) is 3.96. The highest BCUT2D eigenvalue weighted by atomic mass is 32.1. The predicted octanol–water partition coefficient (Wildman–Crippen LogP) is 2.68. The first kappa shape index (κ1) is 8.65. The molecule has 12 heavy (non-hydrogen) atoms. The summed E-state index contributed by atoms with van der Waals surface area (Å²) < 4.78 is 0. The Morgan fingerprint density at radius 2 is 2.33 bits per heavy atom. The molecule has 1 rings (SSSR count). The maximum atomic E-state index is 2.94. The van der Waals surface area contributed by atoms with E-state index in [1.54, 1.807) is 17.4 Å². The van der Waals surface area contributed by atoms with E-state index in [-0.39, 0.29) is 0 Å². The zero-order valence-corrected chi connectivity index (χ0v) is 7.61. The Morgan fingerprint density at radius 3 is 3.00 bits per heavy atom. The summed E-state index contributed by atoms with van der Waals surface area (Å²) in [5.74, 6) is 11.2. The van der Waals surface area contributed by atoms with Gasteiger partial charge in [-0.1, -0.05) is 18.1 Å². The van der Waals surface area contributed by atoms with Crippen LogP contribution in [0.3, 0.4) is 0 Å². The van der Waals surface area contributed by atoms with Gasteiger partial charge in [-0.15, -0.1) is 11.3 Å². The van der Waals surface area contributed by atoms with E-state index in [2.05, 4.69) is 23.7 Å². The van der Waals surface area contributed by atoms with Gasteiger partial charge in [-0.3, -0.25) is 0 Å². The van der Waals surface area contributed by atoms with Crippen molar-refractivity contribution in [3.05, 3.63) is 34.5 Å². The first-order valence-corrected chi connectivity index (χ1v) is 4.47. The van der Waals surface area contributed by atoms with Gasteiger partial charge in [-0.2, -0.15) is 0 Å². The highest BCUT2D eigenvalue weighted by Crippen LogP contribution is 2.04. The van der Waals surface area contributed by atoms with E-state index in [1.165, 1.54) is 0 Å². The first-order chi connectivity index (χ1) is 5.93. The summed E-state index contributed by atoms with van der Waals surface area (Å²) >= 11 is 1.63. The van der Waals surface area contributed by atoms with Crippen LogP contribution >= 0.6 is 11.3 Å². The van der Waals surface area contributed by atoms with E-state index in [4.69, 9.17) is 0 Å². The van der Waals surface area contributed by atoms with Crippen molar-refractivity contribution in [1.82, 2.24) is 0 Å². The van der Waals surface area contributed by atoms with Gasteiger partial charge in [0.15, 0.2) is 0 Å². The highest BCUT2D eigenvalue weighted by molar-refractivity contribution is 7.10. The third-order valence-corrected chi connectivity index (χ3v) is 1.88. The Morgan fingerprint density at radius 1 is 1.42 bits per heavy atom. The van der Waals surface area contributed by atoms with Gasteiger partial charge in [0.05, 0.1) is 4.88 Å². The van der Waals surface area contributed by atoms with Crippen molar-refractivity contribution in [2.45, 2.75) is 6.92 Å². The van der Waals surface area contributed by atoms with Crippen LogP contribution in [-0.4, -0.2) is 0 Å². The monoisotopic (exact) mass is 172 g/mol. The average molecular weight is 172 g/mol. The lowest BCUT2D eigenvalue weighted by molar-refractivity contribution is 1.76. The summed E-state index contributed by atoms with van der Waals surface area (Å²) in [5.41, 5.74) is 0. The molecule has 1 heterocycles. The maximum absolute atomic E-state index is 2.94. The molecule has 1 aromatic rings. The number of hydrogen-bond donors (Lipinski definition) is 0. The van der Waals surface area contributed by atoms with Gasteiger partial charge >= 0.3 is 0 Å². The molecule has 0 amide bonds. The first-order valence-electron chi connectivity index (χ1n) is 3.59. The van der Waals surface area contributed by atoms with Crippen LogP contribution in [0.15, 0.2) is 29.7 Å². The minimum atomic E-state index is 1.06. The molecule has 0 aliphatic carbocycles. The Bertz CT molecular complexity index is 361. The second kappa shape index (κ2) is 5.24. The van der Waals surface area contributed by atoms with Crippen molar-refractivity contribution in [2.24, 2.45) is 0 Å². The summed E-state index contributed by atoms with van der Waals surface area (Å²) in [4.78, 5) is 1.06. The normalized spacial score (nSPS) is 8.42. The summed E-state index contributed by atoms with van der Waals surface area (Å²) in [6.45, 7) is 1.93. The molecule has 0 aliphatic heterocycles. The molecule has 0 aliphatic rings. The van der Waals surface area contributed by atoms with Crippen molar-refractivity contribution >= 4 is 11.3 Å². The van der Waals surface area contributed by atoms with E-state index >= 15 is 0 Å². The molecule has 0 saturated heterocycles. The van der Waals surface area contributed by atoms with Crippen LogP contribution in [0.25, 0.3) is 0 Å². The number of allylic oxidation sites excluding steroid dienone is 2. The minimum absolute atomic E-state index is 1.06. The SMILES string of the molecule is C/C=C/C#CC#Cc1cccs1. The van der Waals surface area contributed by atoms with Crippen LogP contribution in [0.5, 0.6) is 0 Å². The molecule has 0 aromatic carbocycles. The summed E-state index contributed by atoms with van der Waals surface area (Å²) in [5, 5.41) is 2.00. The topological polar surface area (TPSA) is 0 Å². The fraction of sp³-hybridized carbons (Fsp3) is 0.0909. The third-order valence-electron chi connectivity index (χ3n) is 1.09. The average Bonchev–Trinajstić information content (AvgIpc) is 2.57. The Balaban J connectivity index is 2.58. The van der Waals surface area contributed by atoms with Gasteiger partial charge < -0.3 is 0 Å². The predicted molar refractivity (Wildman–Crippen MR) is 53.8 cm³/mol. The number of rotatable bonds is 0. The smallest absolute Gasteiger partial charge is 0.0778 e. The second-order valence-electron chi connectivity index (χ2n) is 2.00. The fourth-order valence-corrected chi connectivity index (χ4v) is 1.17. The Hall–Kier alpha value is -1.44. The lowest BCUT2D eigenvalue weighted by atomic mass is 10.4. The highest BCUT2D eigenvalue weighted by Gasteiger charge is 1.81. The molecule has 0 saturated carbocycles. The van der Waals surface area contributed by atoms with Crippen LogP contribution in [0.1, 0.15) is 11.8 Å². The van der Waals surface area contributed by atoms with Gasteiger partial charge in [-0.25, -0.2) is 0 Å². The van der Waals surface area contributed by atoms with Crippen molar-refractivity contribution in [3.63, 3.8) is 0 Å². The Kier molecular flexibility index (Phi) is 3.78.